The van der Waals surface area contributed by atoms with Crippen LogP contribution in [0.1, 0.15) is 0 Å². The summed E-state index contributed by atoms with van der Waals surface area (Å²) in [7, 11) is 1.86. The molecule has 0 bridgehead atoms. The Morgan fingerprint density at radius 2 is 1.85 bits per heavy atom. The highest BCUT2D eigenvalue weighted by Crippen LogP contribution is 2.31. The lowest BCUT2D eigenvalue weighted by molar-refractivity contribution is -0.119. The molecule has 0 N–H and O–H groups in total. The number of nitrogens with zero attached hydrogens (tertiary/aromatic N) is 5. The van der Waals surface area contributed by atoms with Crippen LogP contribution in [0.4, 0.5) is 5.69 Å². The van der Waals surface area contributed by atoms with E-state index < -0.39 is 0 Å². The van der Waals surface area contributed by atoms with Crippen molar-refractivity contribution in [1.29, 1.82) is 0 Å². The van der Waals surface area contributed by atoms with Gasteiger partial charge < -0.3 is 14.2 Å². The Hall–Kier alpha value is -3.55. The van der Waals surface area contributed by atoms with Crippen molar-refractivity contribution in [2.24, 2.45) is 7.05 Å². The summed E-state index contributed by atoms with van der Waals surface area (Å²) in [5, 5.41) is 4.39. The minimum absolute atomic E-state index is 0.122. The van der Waals surface area contributed by atoms with Gasteiger partial charge in [-0.25, -0.2) is 13.9 Å². The Labute approximate surface area is 153 Å². The molecule has 3 heterocycles. The molecule has 1 aliphatic rings. The minimum Gasteiger partial charge on any atom is -0.490 e. The number of aryl methyl sites for hydroxylation is 1. The van der Waals surface area contributed by atoms with Gasteiger partial charge in [0.05, 0.1) is 23.3 Å². The van der Waals surface area contributed by atoms with E-state index in [1.54, 1.807) is 4.90 Å². The van der Waals surface area contributed by atoms with E-state index in [-0.39, 0.29) is 18.1 Å². The van der Waals surface area contributed by atoms with Gasteiger partial charge in [-0.3, -0.25) is 4.79 Å². The first-order valence-corrected chi connectivity index (χ1v) is 8.70. The summed E-state index contributed by atoms with van der Waals surface area (Å²) in [6.45, 7) is 0.748. The second-order valence-electron chi connectivity index (χ2n) is 6.48. The average molecular weight is 363 g/mol. The summed E-state index contributed by atoms with van der Waals surface area (Å²) in [6.07, 6.45) is 0. The average Bonchev–Trinajstić information content (AvgIpc) is 3.17. The molecule has 0 spiro atoms. The van der Waals surface area contributed by atoms with Crippen molar-refractivity contribution < 1.29 is 9.53 Å². The number of hydrogen-bond acceptors (Lipinski definition) is 4. The first-order chi connectivity index (χ1) is 13.1. The van der Waals surface area contributed by atoms with E-state index in [1.807, 2.05) is 60.1 Å². The molecule has 1 amide bonds. The molecule has 2 aromatic heterocycles. The fourth-order valence-corrected chi connectivity index (χ4v) is 3.61. The molecule has 0 unspecified atom stereocenters. The quantitative estimate of drug-likeness (QED) is 0.540. The van der Waals surface area contributed by atoms with Gasteiger partial charge in [-0.05, 0) is 24.3 Å². The van der Waals surface area contributed by atoms with Gasteiger partial charge in [0.25, 0.3) is 0 Å². The van der Waals surface area contributed by atoms with E-state index in [2.05, 4.69) is 5.10 Å². The van der Waals surface area contributed by atoms with Gasteiger partial charge in [0.2, 0.25) is 11.7 Å². The number of carbonyl (C=O) groups excluding carboxylic acids is 1. The molecule has 136 valence electrons. The molecule has 0 fully saturated rings. The normalized spacial score (nSPS) is 13.7. The summed E-state index contributed by atoms with van der Waals surface area (Å²) in [6, 6.07) is 15.0. The van der Waals surface area contributed by atoms with Crippen molar-refractivity contribution >= 4 is 28.4 Å². The highest BCUT2D eigenvalue weighted by molar-refractivity contribution is 5.95. The Morgan fingerprint density at radius 3 is 2.70 bits per heavy atom. The molecule has 0 atom stereocenters. The topological polar surface area (TPSA) is 73.8 Å². The van der Waals surface area contributed by atoms with Crippen LogP contribution in [-0.2, 0) is 18.4 Å². The largest absolute Gasteiger partial charge is 0.490 e. The van der Waals surface area contributed by atoms with Crippen LogP contribution >= 0.6 is 0 Å². The van der Waals surface area contributed by atoms with E-state index in [0.717, 1.165) is 16.7 Å². The fraction of sp³-hybridized carbons (Fsp3) is 0.211. The first kappa shape index (κ1) is 15.7. The molecule has 8 nitrogen and oxygen atoms in total. The number of carbonyl (C=O) groups is 1. The van der Waals surface area contributed by atoms with E-state index in [4.69, 9.17) is 4.74 Å². The minimum atomic E-state index is -0.323. The van der Waals surface area contributed by atoms with Crippen LogP contribution in [0, 0.1) is 0 Å². The maximum atomic E-state index is 12.9. The Morgan fingerprint density at radius 1 is 1.11 bits per heavy atom. The molecule has 27 heavy (non-hydrogen) atoms. The molecule has 0 saturated carbocycles. The Kier molecular flexibility index (Phi) is 3.33. The van der Waals surface area contributed by atoms with Crippen molar-refractivity contribution in [2.75, 3.05) is 18.1 Å². The highest BCUT2D eigenvalue weighted by Gasteiger charge is 2.25. The van der Waals surface area contributed by atoms with Crippen LogP contribution in [0.2, 0.25) is 0 Å². The van der Waals surface area contributed by atoms with Gasteiger partial charge in [-0.1, -0.05) is 24.3 Å². The van der Waals surface area contributed by atoms with Crippen molar-refractivity contribution in [3.8, 4) is 5.75 Å². The van der Waals surface area contributed by atoms with Crippen molar-refractivity contribution in [2.45, 2.75) is 6.54 Å². The van der Waals surface area contributed by atoms with Crippen LogP contribution in [0.5, 0.6) is 5.75 Å². The molecule has 8 heteroatoms. The van der Waals surface area contributed by atoms with Gasteiger partial charge in [0, 0.05) is 7.05 Å². The van der Waals surface area contributed by atoms with E-state index >= 15 is 0 Å². The monoisotopic (exact) mass is 363 g/mol. The third-order valence-corrected chi connectivity index (χ3v) is 4.92. The van der Waals surface area contributed by atoms with Crippen LogP contribution < -0.4 is 15.3 Å². The Balaban J connectivity index is 1.54. The second-order valence-corrected chi connectivity index (χ2v) is 6.48. The summed E-state index contributed by atoms with van der Waals surface area (Å²) in [5.41, 5.74) is 2.08. The molecular formula is C19H17N5O3. The van der Waals surface area contributed by atoms with Crippen LogP contribution in [0.15, 0.2) is 53.3 Å². The van der Waals surface area contributed by atoms with Crippen molar-refractivity contribution in [3.63, 3.8) is 0 Å². The summed E-state index contributed by atoms with van der Waals surface area (Å²) >= 11 is 0. The maximum absolute atomic E-state index is 12.9. The number of ether oxygens (including phenoxy) is 1. The smallest absolute Gasteiger partial charge is 0.352 e. The molecular weight excluding hydrogens is 346 g/mol. The van der Waals surface area contributed by atoms with Crippen molar-refractivity contribution in [3.05, 3.63) is 59.0 Å². The van der Waals surface area contributed by atoms with E-state index in [9.17, 15) is 9.59 Å². The molecule has 1 aliphatic heterocycles. The zero-order valence-electron chi connectivity index (χ0n) is 14.7. The summed E-state index contributed by atoms with van der Waals surface area (Å²) in [4.78, 5) is 27.4. The molecule has 2 aromatic carbocycles. The number of anilines is 1. The zero-order chi connectivity index (χ0) is 18.5. The van der Waals surface area contributed by atoms with Gasteiger partial charge >= 0.3 is 5.69 Å². The van der Waals surface area contributed by atoms with Gasteiger partial charge in [-0.15, -0.1) is 5.10 Å². The third kappa shape index (κ3) is 2.26. The number of rotatable bonds is 2. The predicted octanol–water partition coefficient (Wildman–Crippen LogP) is 1.41. The number of benzene rings is 2. The molecule has 0 radical (unpaired) electrons. The SMILES string of the molecule is Cn1c2ccccc2n2c(=O)n(CC(=O)N3CCOc4ccccc43)nc12. The molecule has 0 aliphatic carbocycles. The first-order valence-electron chi connectivity index (χ1n) is 8.70. The number of imidazole rings is 1. The van der Waals surface area contributed by atoms with E-state index in [0.29, 0.717) is 24.7 Å². The van der Waals surface area contributed by atoms with Crippen LogP contribution in [0.25, 0.3) is 16.8 Å². The van der Waals surface area contributed by atoms with Crippen LogP contribution in [0.3, 0.4) is 0 Å². The fourth-order valence-electron chi connectivity index (χ4n) is 3.61. The number of amides is 1. The number of hydrogen-bond donors (Lipinski definition) is 0. The van der Waals surface area contributed by atoms with Crippen molar-refractivity contribution in [1.82, 2.24) is 18.7 Å². The maximum Gasteiger partial charge on any atom is 0.352 e. The molecule has 5 rings (SSSR count). The van der Waals surface area contributed by atoms with Gasteiger partial charge in [0.1, 0.15) is 18.9 Å². The second kappa shape index (κ2) is 5.73. The number of aromatic nitrogens is 4. The lowest BCUT2D eigenvalue weighted by Crippen LogP contribution is -2.41. The number of para-hydroxylation sites is 4. The van der Waals surface area contributed by atoms with Crippen LogP contribution in [-0.4, -0.2) is 37.8 Å². The molecule has 4 aromatic rings. The standard InChI is InChI=1S/C19H17N5O3/c1-21-13-6-2-3-7-14(13)24-18(21)20-23(19(24)26)12-17(25)22-10-11-27-16-9-5-4-8-15(16)22/h2-9H,10-12H2,1H3. The molecule has 0 saturated heterocycles. The summed E-state index contributed by atoms with van der Waals surface area (Å²) in [5.74, 6) is 0.988. The highest BCUT2D eigenvalue weighted by atomic mass is 16.5. The van der Waals surface area contributed by atoms with E-state index in [1.165, 1.54) is 9.08 Å². The lowest BCUT2D eigenvalue weighted by Gasteiger charge is -2.29. The van der Waals surface area contributed by atoms with Gasteiger partial charge in [0.15, 0.2) is 0 Å². The summed E-state index contributed by atoms with van der Waals surface area (Å²) < 4.78 is 10.2. The predicted molar refractivity (Wildman–Crippen MR) is 100 cm³/mol. The number of fused-ring (bicyclic) bond motifs is 4. The Bertz CT molecular complexity index is 1250. The zero-order valence-corrected chi connectivity index (χ0v) is 14.7. The van der Waals surface area contributed by atoms with Gasteiger partial charge in [-0.2, -0.15) is 0 Å². The third-order valence-electron chi connectivity index (χ3n) is 4.92. The lowest BCUT2D eigenvalue weighted by atomic mass is 10.2.